The molecule has 0 radical (unpaired) electrons. The monoisotopic (exact) mass is 474 g/mol. The highest BCUT2D eigenvalue weighted by molar-refractivity contribution is 7.99. The summed E-state index contributed by atoms with van der Waals surface area (Å²) in [5, 5.41) is 13.7. The second-order valence-electron chi connectivity index (χ2n) is 6.78. The molecule has 2 aromatic heterocycles. The molecule has 9 nitrogen and oxygen atoms in total. The fourth-order valence-electron chi connectivity index (χ4n) is 2.91. The lowest BCUT2D eigenvalue weighted by molar-refractivity contribution is -0.113. The molecule has 0 aliphatic rings. The van der Waals surface area contributed by atoms with E-state index in [-0.39, 0.29) is 28.5 Å². The molecule has 0 aliphatic heterocycles. The molecule has 32 heavy (non-hydrogen) atoms. The predicted molar refractivity (Wildman–Crippen MR) is 122 cm³/mol. The molecule has 11 heteroatoms. The number of aromatic nitrogens is 3. The Morgan fingerprint density at radius 1 is 1.12 bits per heavy atom. The molecule has 3 rings (SSSR count). The average molecular weight is 475 g/mol. The lowest BCUT2D eigenvalue weighted by Crippen LogP contribution is -2.18. The zero-order valence-electron chi connectivity index (χ0n) is 18.2. The predicted octanol–water partition coefficient (Wildman–Crippen LogP) is 3.46. The lowest BCUT2D eigenvalue weighted by atomic mass is 10.1. The molecule has 0 fully saturated rings. The number of methoxy groups -OCH3 is 2. The molecule has 3 aromatic rings. The van der Waals surface area contributed by atoms with Gasteiger partial charge in [-0.15, -0.1) is 21.5 Å². The highest BCUT2D eigenvalue weighted by Gasteiger charge is 2.19. The van der Waals surface area contributed by atoms with Crippen molar-refractivity contribution in [1.82, 2.24) is 14.8 Å². The molecular weight excluding hydrogens is 452 g/mol. The molecule has 0 atom stereocenters. The molecule has 0 unspecified atom stereocenters. The Bertz CT molecular complexity index is 1190. The van der Waals surface area contributed by atoms with Gasteiger partial charge in [-0.05, 0) is 37.6 Å². The minimum Gasteiger partial charge on any atom is -0.465 e. The Morgan fingerprint density at radius 2 is 1.84 bits per heavy atom. The maximum Gasteiger partial charge on any atom is 0.339 e. The Kier molecular flexibility index (Phi) is 7.31. The molecule has 0 spiro atoms. The number of thioether (sulfide) groups is 1. The first kappa shape index (κ1) is 23.5. The SMILES string of the molecule is COC(=O)c1ccc(C(=O)OC)c(NC(=O)CSc2nnc(-c3csc(C)c3C)n2C)c1. The molecule has 0 saturated heterocycles. The molecule has 1 amide bonds. The van der Waals surface area contributed by atoms with Crippen molar-refractivity contribution in [2.75, 3.05) is 25.3 Å². The summed E-state index contributed by atoms with van der Waals surface area (Å²) in [7, 11) is 4.33. The summed E-state index contributed by atoms with van der Waals surface area (Å²) in [6.07, 6.45) is 0. The van der Waals surface area contributed by atoms with Crippen molar-refractivity contribution < 1.29 is 23.9 Å². The van der Waals surface area contributed by atoms with Crippen LogP contribution in [-0.4, -0.2) is 52.6 Å². The standard InChI is InChI=1S/C21H22N4O5S2/c1-11-12(2)31-9-15(11)18-23-24-21(25(18)3)32-10-17(26)22-16-8-13(19(27)29-4)6-7-14(16)20(28)30-5/h6-9H,10H2,1-5H3,(H,22,26). The van der Waals surface area contributed by atoms with Crippen LogP contribution in [0, 0.1) is 13.8 Å². The Labute approximate surface area is 193 Å². The summed E-state index contributed by atoms with van der Waals surface area (Å²) in [6, 6.07) is 4.21. The summed E-state index contributed by atoms with van der Waals surface area (Å²) < 4.78 is 11.3. The van der Waals surface area contributed by atoms with Crippen molar-refractivity contribution in [1.29, 1.82) is 0 Å². The van der Waals surface area contributed by atoms with E-state index in [1.807, 2.05) is 23.9 Å². The number of nitrogens with zero attached hydrogens (tertiary/aromatic N) is 3. The first-order valence-electron chi connectivity index (χ1n) is 9.44. The Hall–Kier alpha value is -3.18. The Morgan fingerprint density at radius 3 is 2.47 bits per heavy atom. The second-order valence-corrected chi connectivity index (χ2v) is 8.80. The fourth-order valence-corrected chi connectivity index (χ4v) is 4.48. The maximum absolute atomic E-state index is 12.6. The van der Waals surface area contributed by atoms with E-state index in [9.17, 15) is 14.4 Å². The number of carbonyl (C=O) groups excluding carboxylic acids is 3. The van der Waals surface area contributed by atoms with Gasteiger partial charge in [-0.3, -0.25) is 4.79 Å². The van der Waals surface area contributed by atoms with Crippen LogP contribution in [0.4, 0.5) is 5.69 Å². The van der Waals surface area contributed by atoms with Gasteiger partial charge in [-0.2, -0.15) is 0 Å². The fraction of sp³-hybridized carbons (Fsp3) is 0.286. The van der Waals surface area contributed by atoms with Crippen LogP contribution in [0.2, 0.25) is 0 Å². The van der Waals surface area contributed by atoms with Crippen LogP contribution < -0.4 is 5.32 Å². The average Bonchev–Trinajstić information content (AvgIpc) is 3.32. The van der Waals surface area contributed by atoms with Crippen LogP contribution in [-0.2, 0) is 21.3 Å². The van der Waals surface area contributed by atoms with Gasteiger partial charge in [0.05, 0.1) is 36.8 Å². The van der Waals surface area contributed by atoms with Gasteiger partial charge in [-0.1, -0.05) is 11.8 Å². The second kappa shape index (κ2) is 9.96. The van der Waals surface area contributed by atoms with Gasteiger partial charge < -0.3 is 19.4 Å². The molecule has 168 valence electrons. The van der Waals surface area contributed by atoms with E-state index in [0.29, 0.717) is 5.16 Å². The van der Waals surface area contributed by atoms with Crippen LogP contribution >= 0.6 is 23.1 Å². The third kappa shape index (κ3) is 4.83. The maximum atomic E-state index is 12.6. The number of thiophene rings is 1. The van der Waals surface area contributed by atoms with Gasteiger partial charge in [0, 0.05) is 22.9 Å². The molecule has 1 N–H and O–H groups in total. The van der Waals surface area contributed by atoms with Crippen LogP contribution in [0.3, 0.4) is 0 Å². The van der Waals surface area contributed by atoms with Crippen LogP contribution in [0.25, 0.3) is 11.4 Å². The molecule has 0 aliphatic carbocycles. The van der Waals surface area contributed by atoms with Gasteiger partial charge in [0.2, 0.25) is 5.91 Å². The lowest BCUT2D eigenvalue weighted by Gasteiger charge is -2.11. The van der Waals surface area contributed by atoms with Gasteiger partial charge in [-0.25, -0.2) is 9.59 Å². The van der Waals surface area contributed by atoms with E-state index in [2.05, 4.69) is 22.4 Å². The number of rotatable bonds is 7. The molecule has 0 bridgehead atoms. The van der Waals surface area contributed by atoms with Crippen molar-refractivity contribution in [3.8, 4) is 11.4 Å². The zero-order chi connectivity index (χ0) is 23.4. The largest absolute Gasteiger partial charge is 0.465 e. The number of nitrogens with one attached hydrogen (secondary N) is 1. The van der Waals surface area contributed by atoms with E-state index in [1.54, 1.807) is 11.3 Å². The number of esters is 2. The van der Waals surface area contributed by atoms with Crippen molar-refractivity contribution in [2.24, 2.45) is 7.05 Å². The van der Waals surface area contributed by atoms with Crippen molar-refractivity contribution in [3.63, 3.8) is 0 Å². The smallest absolute Gasteiger partial charge is 0.339 e. The van der Waals surface area contributed by atoms with E-state index in [4.69, 9.17) is 9.47 Å². The van der Waals surface area contributed by atoms with Crippen LogP contribution in [0.5, 0.6) is 0 Å². The first-order valence-corrected chi connectivity index (χ1v) is 11.3. The number of ether oxygens (including phenoxy) is 2. The van der Waals surface area contributed by atoms with E-state index >= 15 is 0 Å². The van der Waals surface area contributed by atoms with Gasteiger partial charge >= 0.3 is 11.9 Å². The highest BCUT2D eigenvalue weighted by Crippen LogP contribution is 2.31. The number of amides is 1. The van der Waals surface area contributed by atoms with Gasteiger partial charge in [0.1, 0.15) is 0 Å². The number of benzene rings is 1. The first-order chi connectivity index (χ1) is 15.3. The van der Waals surface area contributed by atoms with Gasteiger partial charge in [0.25, 0.3) is 0 Å². The van der Waals surface area contributed by atoms with Crippen molar-refractivity contribution in [3.05, 3.63) is 45.1 Å². The summed E-state index contributed by atoms with van der Waals surface area (Å²) in [6.45, 7) is 4.09. The van der Waals surface area contributed by atoms with Gasteiger partial charge in [0.15, 0.2) is 11.0 Å². The minimum absolute atomic E-state index is 0.0245. The molecular formula is C21H22N4O5S2. The highest BCUT2D eigenvalue weighted by atomic mass is 32.2. The third-order valence-corrected chi connectivity index (χ3v) is 6.85. The number of anilines is 1. The third-order valence-electron chi connectivity index (χ3n) is 4.81. The van der Waals surface area contributed by atoms with Crippen molar-refractivity contribution >= 4 is 46.6 Å². The molecule has 0 saturated carbocycles. The number of hydrogen-bond donors (Lipinski definition) is 1. The summed E-state index contributed by atoms with van der Waals surface area (Å²) >= 11 is 2.86. The quantitative estimate of drug-likeness (QED) is 0.409. The number of carbonyl (C=O) groups is 3. The minimum atomic E-state index is -0.635. The summed E-state index contributed by atoms with van der Waals surface area (Å²) in [5.74, 6) is -0.847. The molecule has 1 aromatic carbocycles. The van der Waals surface area contributed by atoms with E-state index < -0.39 is 11.9 Å². The van der Waals surface area contributed by atoms with E-state index in [0.717, 1.165) is 17.0 Å². The number of hydrogen-bond acceptors (Lipinski definition) is 9. The van der Waals surface area contributed by atoms with Crippen LogP contribution in [0.15, 0.2) is 28.7 Å². The topological polar surface area (TPSA) is 112 Å². The van der Waals surface area contributed by atoms with Crippen molar-refractivity contribution in [2.45, 2.75) is 19.0 Å². The Balaban J connectivity index is 1.75. The van der Waals surface area contributed by atoms with Crippen LogP contribution in [0.1, 0.15) is 31.2 Å². The normalized spacial score (nSPS) is 10.7. The summed E-state index contributed by atoms with van der Waals surface area (Å²) in [4.78, 5) is 37.7. The molecule has 2 heterocycles. The van der Waals surface area contributed by atoms with E-state index in [1.165, 1.54) is 49.1 Å². The zero-order valence-corrected chi connectivity index (χ0v) is 19.8. The summed E-state index contributed by atoms with van der Waals surface area (Å²) in [5.41, 5.74) is 2.65. The number of aryl methyl sites for hydroxylation is 1.